The average molecular weight is 324 g/mol. The molecule has 1 amide bonds. The van der Waals surface area contributed by atoms with Crippen LogP contribution in [0.4, 0.5) is 0 Å². The second kappa shape index (κ2) is 6.42. The number of fused-ring (bicyclic) bond motifs is 1. The van der Waals surface area contributed by atoms with Gasteiger partial charge in [-0.1, -0.05) is 35.9 Å². The molecule has 0 aliphatic rings. The second-order valence-corrected chi connectivity index (χ2v) is 7.00. The molecule has 2 aromatic heterocycles. The molecule has 0 unspecified atom stereocenters. The molecule has 0 aliphatic carbocycles. The maximum atomic E-state index is 12.6. The number of nitrogens with zero attached hydrogens (tertiary/aromatic N) is 1. The van der Waals surface area contributed by atoms with Crippen LogP contribution in [0.25, 0.3) is 10.2 Å². The van der Waals surface area contributed by atoms with Crippen molar-refractivity contribution in [2.75, 3.05) is 0 Å². The fraction of sp³-hybridized carbons (Fsp3) is 0.211. The lowest BCUT2D eigenvalue weighted by Crippen LogP contribution is -2.25. The Hall–Kier alpha value is -2.33. The second-order valence-electron chi connectivity index (χ2n) is 5.71. The molecule has 3 rings (SSSR count). The van der Waals surface area contributed by atoms with Crippen LogP contribution in [0.15, 0.2) is 49.1 Å². The molecule has 23 heavy (non-hydrogen) atoms. The molecular weight excluding hydrogens is 304 g/mol. The normalized spacial score (nSPS) is 10.9. The number of hydrogen-bond acceptors (Lipinski definition) is 2. The predicted molar refractivity (Wildman–Crippen MR) is 97.1 cm³/mol. The molecule has 0 fully saturated rings. The van der Waals surface area contributed by atoms with Crippen LogP contribution in [0.1, 0.15) is 26.5 Å². The van der Waals surface area contributed by atoms with Crippen LogP contribution in [0, 0.1) is 13.8 Å². The highest BCUT2D eigenvalue weighted by Gasteiger charge is 2.16. The topological polar surface area (TPSA) is 34.0 Å². The summed E-state index contributed by atoms with van der Waals surface area (Å²) in [5.41, 5.74) is 4.10. The Bertz CT molecular complexity index is 873. The average Bonchev–Trinajstić information content (AvgIpc) is 3.03. The van der Waals surface area contributed by atoms with Gasteiger partial charge in [-0.05, 0) is 31.5 Å². The van der Waals surface area contributed by atoms with E-state index in [2.05, 4.69) is 43.9 Å². The molecule has 0 atom stereocenters. The first-order chi connectivity index (χ1) is 11.1. The zero-order chi connectivity index (χ0) is 16.4. The largest absolute Gasteiger partial charge is 0.347 e. The zero-order valence-corrected chi connectivity index (χ0v) is 14.2. The Kier molecular flexibility index (Phi) is 4.35. The lowest BCUT2D eigenvalue weighted by molar-refractivity contribution is 0.0942. The minimum Gasteiger partial charge on any atom is -0.347 e. The maximum absolute atomic E-state index is 12.6. The van der Waals surface area contributed by atoms with E-state index in [1.165, 1.54) is 10.4 Å². The summed E-state index contributed by atoms with van der Waals surface area (Å²) in [5, 5.41) is 3.02. The van der Waals surface area contributed by atoms with E-state index in [1.807, 2.05) is 28.8 Å². The van der Waals surface area contributed by atoms with Crippen molar-refractivity contribution in [3.05, 3.63) is 70.8 Å². The number of allylic oxidation sites excluding steroid dienone is 1. The minimum atomic E-state index is -0.0468. The van der Waals surface area contributed by atoms with Gasteiger partial charge in [-0.2, -0.15) is 0 Å². The summed E-state index contributed by atoms with van der Waals surface area (Å²) in [6.07, 6.45) is 1.82. The third-order valence-corrected chi connectivity index (χ3v) is 4.78. The number of aryl methyl sites for hydroxylation is 2. The molecule has 0 bridgehead atoms. The van der Waals surface area contributed by atoms with Crippen LogP contribution >= 0.6 is 11.3 Å². The van der Waals surface area contributed by atoms with Gasteiger partial charge in [-0.25, -0.2) is 0 Å². The molecule has 0 radical (unpaired) electrons. The van der Waals surface area contributed by atoms with E-state index in [0.29, 0.717) is 18.8 Å². The van der Waals surface area contributed by atoms with Crippen molar-refractivity contribution >= 4 is 27.5 Å². The highest BCUT2D eigenvalue weighted by molar-refractivity contribution is 7.19. The molecule has 0 aliphatic heterocycles. The molecule has 2 heterocycles. The molecule has 4 heteroatoms. The van der Waals surface area contributed by atoms with Gasteiger partial charge in [0.15, 0.2) is 0 Å². The molecule has 0 saturated carbocycles. The summed E-state index contributed by atoms with van der Waals surface area (Å²) in [5.74, 6) is -0.0468. The number of nitrogens with one attached hydrogen (secondary N) is 1. The van der Waals surface area contributed by atoms with Gasteiger partial charge in [-0.3, -0.25) is 4.79 Å². The van der Waals surface area contributed by atoms with Crippen molar-refractivity contribution in [2.45, 2.75) is 26.9 Å². The third-order valence-electron chi connectivity index (χ3n) is 3.79. The monoisotopic (exact) mass is 324 g/mol. The van der Waals surface area contributed by atoms with Gasteiger partial charge in [0, 0.05) is 18.0 Å². The van der Waals surface area contributed by atoms with E-state index in [9.17, 15) is 4.79 Å². The number of hydrogen-bond donors (Lipinski definition) is 1. The highest BCUT2D eigenvalue weighted by Crippen LogP contribution is 2.28. The van der Waals surface area contributed by atoms with E-state index in [4.69, 9.17) is 0 Å². The van der Waals surface area contributed by atoms with Crippen LogP contribution in [0.5, 0.6) is 0 Å². The van der Waals surface area contributed by atoms with Gasteiger partial charge in [-0.15, -0.1) is 17.9 Å². The first-order valence-electron chi connectivity index (χ1n) is 7.63. The third kappa shape index (κ3) is 3.22. The van der Waals surface area contributed by atoms with Crippen molar-refractivity contribution < 1.29 is 4.79 Å². The van der Waals surface area contributed by atoms with Gasteiger partial charge >= 0.3 is 0 Å². The maximum Gasteiger partial charge on any atom is 0.268 e. The van der Waals surface area contributed by atoms with E-state index >= 15 is 0 Å². The Balaban J connectivity index is 1.84. The first-order valence-corrected chi connectivity index (χ1v) is 8.44. The quantitative estimate of drug-likeness (QED) is 0.692. The van der Waals surface area contributed by atoms with Gasteiger partial charge in [0.25, 0.3) is 5.91 Å². The predicted octanol–water partition coefficient (Wildman–Crippen LogP) is 4.44. The number of amides is 1. The molecule has 118 valence electrons. The first kappa shape index (κ1) is 15.6. The van der Waals surface area contributed by atoms with Crippen molar-refractivity contribution in [1.82, 2.24) is 9.88 Å². The SMILES string of the molecule is C=CCn1c(C(=O)NCc2cccc(C)c2)cc2sc(C)cc21. The lowest BCUT2D eigenvalue weighted by Gasteiger charge is -2.09. The number of carbonyl (C=O) groups excluding carboxylic acids is 1. The highest BCUT2D eigenvalue weighted by atomic mass is 32.1. The summed E-state index contributed by atoms with van der Waals surface area (Å²) < 4.78 is 3.17. The van der Waals surface area contributed by atoms with Crippen LogP contribution < -0.4 is 5.32 Å². The van der Waals surface area contributed by atoms with E-state index in [1.54, 1.807) is 11.3 Å². The molecular formula is C19H20N2OS. The van der Waals surface area contributed by atoms with E-state index < -0.39 is 0 Å². The Morgan fingerprint density at radius 2 is 2.13 bits per heavy atom. The van der Waals surface area contributed by atoms with E-state index in [0.717, 1.165) is 15.8 Å². The number of benzene rings is 1. The van der Waals surface area contributed by atoms with Crippen molar-refractivity contribution in [3.63, 3.8) is 0 Å². The molecule has 0 saturated heterocycles. The van der Waals surface area contributed by atoms with E-state index in [-0.39, 0.29) is 5.91 Å². The lowest BCUT2D eigenvalue weighted by atomic mass is 10.1. The summed E-state index contributed by atoms with van der Waals surface area (Å²) in [6.45, 7) is 9.11. The van der Waals surface area contributed by atoms with Crippen LogP contribution in [0.3, 0.4) is 0 Å². The van der Waals surface area contributed by atoms with Crippen LogP contribution in [-0.2, 0) is 13.1 Å². The Morgan fingerprint density at radius 3 is 2.87 bits per heavy atom. The van der Waals surface area contributed by atoms with Gasteiger partial charge in [0.2, 0.25) is 0 Å². The molecule has 1 N–H and O–H groups in total. The standard InChI is InChI=1S/C19H20N2OS/c1-4-8-21-16-10-14(3)23-18(16)11-17(21)19(22)20-12-15-7-5-6-13(2)9-15/h4-7,9-11H,1,8,12H2,2-3H3,(H,20,22). The number of aromatic nitrogens is 1. The van der Waals surface area contributed by atoms with Crippen molar-refractivity contribution in [2.24, 2.45) is 0 Å². The summed E-state index contributed by atoms with van der Waals surface area (Å²) in [6, 6.07) is 12.3. The molecule has 3 aromatic rings. The Labute approximate surface area is 140 Å². The molecule has 3 nitrogen and oxygen atoms in total. The number of thiophene rings is 1. The molecule has 0 spiro atoms. The zero-order valence-electron chi connectivity index (χ0n) is 13.4. The number of carbonyl (C=O) groups is 1. The van der Waals surface area contributed by atoms with Crippen LogP contribution in [-0.4, -0.2) is 10.5 Å². The van der Waals surface area contributed by atoms with Crippen molar-refractivity contribution in [3.8, 4) is 0 Å². The summed E-state index contributed by atoms with van der Waals surface area (Å²) in [4.78, 5) is 13.8. The number of rotatable bonds is 5. The van der Waals surface area contributed by atoms with Gasteiger partial charge in [0.05, 0.1) is 10.2 Å². The minimum absolute atomic E-state index is 0.0468. The molecule has 1 aromatic carbocycles. The Morgan fingerprint density at radius 1 is 1.30 bits per heavy atom. The van der Waals surface area contributed by atoms with Crippen molar-refractivity contribution in [1.29, 1.82) is 0 Å². The fourth-order valence-electron chi connectivity index (χ4n) is 2.77. The summed E-state index contributed by atoms with van der Waals surface area (Å²) >= 11 is 1.71. The van der Waals surface area contributed by atoms with Gasteiger partial charge in [0.1, 0.15) is 5.69 Å². The fourth-order valence-corrected chi connectivity index (χ4v) is 3.74. The van der Waals surface area contributed by atoms with Gasteiger partial charge < -0.3 is 9.88 Å². The van der Waals surface area contributed by atoms with Crippen LogP contribution in [0.2, 0.25) is 0 Å². The smallest absolute Gasteiger partial charge is 0.268 e. The summed E-state index contributed by atoms with van der Waals surface area (Å²) in [7, 11) is 0.